The molecular formula is C19H21N5O5. The van der Waals surface area contributed by atoms with Crippen LogP contribution in [0.25, 0.3) is 0 Å². The summed E-state index contributed by atoms with van der Waals surface area (Å²) in [5, 5.41) is 4.00. The number of ether oxygens (including phenoxy) is 1. The minimum atomic E-state index is -0.774. The van der Waals surface area contributed by atoms with Gasteiger partial charge in [0.25, 0.3) is 5.91 Å². The number of nitrogens with two attached hydrogens (primary N) is 1. The van der Waals surface area contributed by atoms with Gasteiger partial charge in [0.05, 0.1) is 5.71 Å². The molecule has 1 aromatic heterocycles. The van der Waals surface area contributed by atoms with Crippen LogP contribution in [0.3, 0.4) is 0 Å². The Morgan fingerprint density at radius 1 is 1.17 bits per heavy atom. The van der Waals surface area contributed by atoms with Gasteiger partial charge in [0, 0.05) is 17.5 Å². The number of hydrazone groups is 1. The lowest BCUT2D eigenvalue weighted by molar-refractivity contribution is -0.123. The van der Waals surface area contributed by atoms with Gasteiger partial charge in [0.15, 0.2) is 12.4 Å². The SMILES string of the molecule is Cc1c(C(=O)NNC(=O)COc2ccccc2)oc2c1/C(=N/NC(N)=O)CCC2. The van der Waals surface area contributed by atoms with Crippen LogP contribution in [0.5, 0.6) is 5.75 Å². The molecule has 1 aliphatic rings. The summed E-state index contributed by atoms with van der Waals surface area (Å²) >= 11 is 0. The minimum absolute atomic E-state index is 0.0629. The first-order valence-electron chi connectivity index (χ1n) is 8.97. The Balaban J connectivity index is 1.62. The first kappa shape index (κ1) is 19.9. The number of carbonyl (C=O) groups excluding carboxylic acids is 3. The number of fused-ring (bicyclic) bond motifs is 1. The molecule has 29 heavy (non-hydrogen) atoms. The number of para-hydroxylation sites is 1. The van der Waals surface area contributed by atoms with Crippen LogP contribution < -0.4 is 26.7 Å². The summed E-state index contributed by atoms with van der Waals surface area (Å²) in [5.41, 5.74) is 13.7. The van der Waals surface area contributed by atoms with Crippen LogP contribution in [0.2, 0.25) is 0 Å². The van der Waals surface area contributed by atoms with E-state index in [0.29, 0.717) is 41.2 Å². The number of hydrogen-bond acceptors (Lipinski definition) is 6. The number of benzene rings is 1. The fraction of sp³-hybridized carbons (Fsp3) is 0.263. The van der Waals surface area contributed by atoms with Crippen LogP contribution in [0.1, 0.15) is 40.3 Å². The second-order valence-corrected chi connectivity index (χ2v) is 6.35. The van der Waals surface area contributed by atoms with Gasteiger partial charge in [-0.25, -0.2) is 10.2 Å². The monoisotopic (exact) mass is 399 g/mol. The number of hydrazine groups is 1. The Labute approximate surface area is 166 Å². The van der Waals surface area contributed by atoms with Gasteiger partial charge in [-0.3, -0.25) is 20.4 Å². The fourth-order valence-corrected chi connectivity index (χ4v) is 3.00. The lowest BCUT2D eigenvalue weighted by Crippen LogP contribution is -2.43. The predicted octanol–water partition coefficient (Wildman–Crippen LogP) is 1.14. The van der Waals surface area contributed by atoms with E-state index in [1.54, 1.807) is 31.2 Å². The molecule has 3 rings (SSSR count). The van der Waals surface area contributed by atoms with Crippen LogP contribution in [0.15, 0.2) is 39.9 Å². The zero-order chi connectivity index (χ0) is 20.8. The Bertz CT molecular complexity index is 951. The van der Waals surface area contributed by atoms with Crippen molar-refractivity contribution in [3.63, 3.8) is 0 Å². The summed E-state index contributed by atoms with van der Waals surface area (Å²) in [6.07, 6.45) is 2.01. The summed E-state index contributed by atoms with van der Waals surface area (Å²) in [5.74, 6) is 0.0757. The van der Waals surface area contributed by atoms with Gasteiger partial charge in [0.1, 0.15) is 11.5 Å². The van der Waals surface area contributed by atoms with Gasteiger partial charge in [-0.1, -0.05) is 18.2 Å². The van der Waals surface area contributed by atoms with Crippen molar-refractivity contribution in [3.05, 3.63) is 53.0 Å². The molecule has 4 amide bonds. The molecule has 0 fully saturated rings. The molecule has 152 valence electrons. The van der Waals surface area contributed by atoms with Crippen molar-refractivity contribution in [2.24, 2.45) is 10.8 Å². The smallest absolute Gasteiger partial charge is 0.332 e. The molecule has 0 unspecified atom stereocenters. The molecule has 0 radical (unpaired) electrons. The quantitative estimate of drug-likeness (QED) is 0.556. The average molecular weight is 399 g/mol. The van der Waals surface area contributed by atoms with Crippen molar-refractivity contribution in [3.8, 4) is 5.75 Å². The molecule has 5 N–H and O–H groups in total. The molecule has 1 heterocycles. The number of furan rings is 1. The van der Waals surface area contributed by atoms with Gasteiger partial charge in [0.2, 0.25) is 0 Å². The second-order valence-electron chi connectivity index (χ2n) is 6.35. The Morgan fingerprint density at radius 3 is 2.66 bits per heavy atom. The largest absolute Gasteiger partial charge is 0.484 e. The number of aryl methyl sites for hydroxylation is 1. The fourth-order valence-electron chi connectivity index (χ4n) is 3.00. The summed E-state index contributed by atoms with van der Waals surface area (Å²) in [4.78, 5) is 35.2. The topological polar surface area (TPSA) is 148 Å². The van der Waals surface area contributed by atoms with E-state index in [0.717, 1.165) is 6.42 Å². The molecule has 0 spiro atoms. The number of carbonyl (C=O) groups is 3. The van der Waals surface area contributed by atoms with E-state index in [1.807, 2.05) is 6.07 Å². The summed E-state index contributed by atoms with van der Waals surface area (Å²) < 4.78 is 11.0. The molecule has 0 saturated carbocycles. The average Bonchev–Trinajstić information content (AvgIpc) is 3.07. The normalized spacial score (nSPS) is 14.0. The standard InChI is InChI=1S/C19H21N5O5/c1-11-16-13(21-24-19(20)27)8-5-9-14(16)29-17(11)18(26)23-22-15(25)10-28-12-6-3-2-4-7-12/h2-4,6-7H,5,8-10H2,1H3,(H,22,25)(H,23,26)(H3,20,24,27)/b21-13+. The Hall–Kier alpha value is -3.82. The third-order valence-corrected chi connectivity index (χ3v) is 4.26. The molecular weight excluding hydrogens is 378 g/mol. The summed E-state index contributed by atoms with van der Waals surface area (Å²) in [6, 6.07) is 8.06. The van der Waals surface area contributed by atoms with Crippen molar-refractivity contribution in [2.75, 3.05) is 6.61 Å². The number of amides is 4. The zero-order valence-electron chi connectivity index (χ0n) is 15.8. The maximum absolute atomic E-state index is 12.4. The third kappa shape index (κ3) is 4.92. The summed E-state index contributed by atoms with van der Waals surface area (Å²) in [6.45, 7) is 1.45. The molecule has 2 aromatic rings. The number of nitrogens with one attached hydrogen (secondary N) is 3. The first-order chi connectivity index (χ1) is 14.0. The van der Waals surface area contributed by atoms with Crippen LogP contribution in [0.4, 0.5) is 4.79 Å². The molecule has 0 saturated heterocycles. The van der Waals surface area contributed by atoms with Gasteiger partial charge in [-0.15, -0.1) is 0 Å². The van der Waals surface area contributed by atoms with E-state index in [1.165, 1.54) is 0 Å². The van der Waals surface area contributed by atoms with Gasteiger partial charge < -0.3 is 14.9 Å². The molecule has 1 aromatic carbocycles. The number of hydrogen-bond donors (Lipinski definition) is 4. The zero-order valence-corrected chi connectivity index (χ0v) is 15.8. The first-order valence-corrected chi connectivity index (χ1v) is 8.97. The van der Waals surface area contributed by atoms with E-state index >= 15 is 0 Å². The Kier molecular flexibility index (Phi) is 6.12. The molecule has 0 aliphatic heterocycles. The van der Waals surface area contributed by atoms with Gasteiger partial charge >= 0.3 is 11.9 Å². The molecule has 10 heteroatoms. The van der Waals surface area contributed by atoms with E-state index in [4.69, 9.17) is 14.9 Å². The lowest BCUT2D eigenvalue weighted by Gasteiger charge is -2.13. The number of primary amides is 1. The molecule has 1 aliphatic carbocycles. The van der Waals surface area contributed by atoms with Crippen LogP contribution in [-0.4, -0.2) is 30.2 Å². The van der Waals surface area contributed by atoms with E-state index in [2.05, 4.69) is 21.4 Å². The highest BCUT2D eigenvalue weighted by Crippen LogP contribution is 2.29. The Morgan fingerprint density at radius 2 is 1.93 bits per heavy atom. The summed E-state index contributed by atoms with van der Waals surface area (Å²) in [7, 11) is 0. The van der Waals surface area contributed by atoms with Gasteiger partial charge in [-0.2, -0.15) is 5.10 Å². The molecule has 10 nitrogen and oxygen atoms in total. The maximum atomic E-state index is 12.4. The van der Waals surface area contributed by atoms with Crippen molar-refractivity contribution < 1.29 is 23.5 Å². The highest BCUT2D eigenvalue weighted by molar-refractivity contribution is 6.06. The van der Waals surface area contributed by atoms with Gasteiger partial charge in [-0.05, 0) is 31.9 Å². The number of nitrogens with zero attached hydrogens (tertiary/aromatic N) is 1. The number of urea groups is 1. The van der Waals surface area contributed by atoms with E-state index < -0.39 is 17.8 Å². The predicted molar refractivity (Wildman–Crippen MR) is 103 cm³/mol. The van der Waals surface area contributed by atoms with Crippen LogP contribution in [-0.2, 0) is 11.2 Å². The van der Waals surface area contributed by atoms with E-state index in [-0.39, 0.29) is 12.4 Å². The lowest BCUT2D eigenvalue weighted by atomic mass is 9.93. The highest BCUT2D eigenvalue weighted by atomic mass is 16.5. The van der Waals surface area contributed by atoms with Crippen molar-refractivity contribution in [1.82, 2.24) is 16.3 Å². The maximum Gasteiger partial charge on any atom is 0.332 e. The molecule has 0 atom stereocenters. The number of rotatable bonds is 5. The highest BCUT2D eigenvalue weighted by Gasteiger charge is 2.28. The second kappa shape index (κ2) is 8.91. The van der Waals surface area contributed by atoms with Crippen molar-refractivity contribution >= 4 is 23.6 Å². The third-order valence-electron chi connectivity index (χ3n) is 4.26. The minimum Gasteiger partial charge on any atom is -0.484 e. The molecule has 0 bridgehead atoms. The van der Waals surface area contributed by atoms with Crippen molar-refractivity contribution in [1.29, 1.82) is 0 Å². The van der Waals surface area contributed by atoms with Crippen LogP contribution in [0, 0.1) is 6.92 Å². The van der Waals surface area contributed by atoms with E-state index in [9.17, 15) is 14.4 Å². The van der Waals surface area contributed by atoms with Crippen molar-refractivity contribution in [2.45, 2.75) is 26.2 Å². The van der Waals surface area contributed by atoms with Crippen LogP contribution >= 0.6 is 0 Å².